The fourth-order valence-corrected chi connectivity index (χ4v) is 2.86. The lowest BCUT2D eigenvalue weighted by Gasteiger charge is -2.34. The molecule has 0 unspecified atom stereocenters. The Kier molecular flexibility index (Phi) is 4.30. The number of nitrogen functional groups attached to an aromatic ring is 1. The minimum Gasteiger partial charge on any atom is -0.478 e. The highest BCUT2D eigenvalue weighted by molar-refractivity contribution is 5.95. The van der Waals surface area contributed by atoms with Gasteiger partial charge in [-0.05, 0) is 37.0 Å². The number of piperidine rings is 1. The molecule has 1 saturated heterocycles. The largest absolute Gasteiger partial charge is 0.478 e. The standard InChI is InChI=1S/C15H22N2O2/c1-2-3-11-6-8-17(9-7-11)14-10-12(16)4-5-13(14)15(18)19/h4-5,10-11H,2-3,6-9,16H2,1H3,(H,18,19). The van der Waals surface area contributed by atoms with E-state index < -0.39 is 5.97 Å². The zero-order valence-corrected chi connectivity index (χ0v) is 11.4. The summed E-state index contributed by atoms with van der Waals surface area (Å²) in [5.74, 6) is -0.0960. The molecule has 0 saturated carbocycles. The van der Waals surface area contributed by atoms with E-state index in [1.807, 2.05) is 0 Å². The van der Waals surface area contributed by atoms with Gasteiger partial charge in [0.2, 0.25) is 0 Å². The fraction of sp³-hybridized carbons (Fsp3) is 0.533. The van der Waals surface area contributed by atoms with Crippen LogP contribution in [0.15, 0.2) is 18.2 Å². The first kappa shape index (κ1) is 13.7. The molecule has 0 aliphatic carbocycles. The van der Waals surface area contributed by atoms with Gasteiger partial charge < -0.3 is 15.7 Å². The molecule has 2 rings (SSSR count). The molecule has 19 heavy (non-hydrogen) atoms. The maximum Gasteiger partial charge on any atom is 0.337 e. The Morgan fingerprint density at radius 3 is 2.68 bits per heavy atom. The van der Waals surface area contributed by atoms with Crippen LogP contribution in [0, 0.1) is 5.92 Å². The van der Waals surface area contributed by atoms with Gasteiger partial charge in [0.05, 0.1) is 11.3 Å². The Morgan fingerprint density at radius 2 is 2.11 bits per heavy atom. The van der Waals surface area contributed by atoms with Crippen molar-refractivity contribution in [2.75, 3.05) is 23.7 Å². The molecule has 1 fully saturated rings. The van der Waals surface area contributed by atoms with Gasteiger partial charge in [0.1, 0.15) is 0 Å². The van der Waals surface area contributed by atoms with Crippen LogP contribution in [0.4, 0.5) is 11.4 Å². The second kappa shape index (κ2) is 5.95. The molecule has 3 N–H and O–H groups in total. The van der Waals surface area contributed by atoms with E-state index in [1.54, 1.807) is 18.2 Å². The number of rotatable bonds is 4. The van der Waals surface area contributed by atoms with Crippen molar-refractivity contribution < 1.29 is 9.90 Å². The van der Waals surface area contributed by atoms with E-state index in [0.717, 1.165) is 37.5 Å². The van der Waals surface area contributed by atoms with Crippen molar-refractivity contribution in [2.24, 2.45) is 5.92 Å². The Bertz CT molecular complexity index is 451. The first-order chi connectivity index (χ1) is 9.11. The SMILES string of the molecule is CCCC1CCN(c2cc(N)ccc2C(=O)O)CC1. The maximum atomic E-state index is 11.3. The number of carboxylic acids is 1. The molecule has 1 aromatic rings. The zero-order chi connectivity index (χ0) is 13.8. The molecule has 1 heterocycles. The Hall–Kier alpha value is -1.71. The number of carbonyl (C=O) groups is 1. The summed E-state index contributed by atoms with van der Waals surface area (Å²) in [6, 6.07) is 5.03. The van der Waals surface area contributed by atoms with E-state index in [1.165, 1.54) is 12.8 Å². The van der Waals surface area contributed by atoms with E-state index in [9.17, 15) is 9.90 Å². The maximum absolute atomic E-state index is 11.3. The topological polar surface area (TPSA) is 66.6 Å². The third-order valence-corrected chi connectivity index (χ3v) is 3.90. The monoisotopic (exact) mass is 262 g/mol. The predicted molar refractivity (Wildman–Crippen MR) is 77.7 cm³/mol. The number of anilines is 2. The van der Waals surface area contributed by atoms with Gasteiger partial charge in [0, 0.05) is 18.8 Å². The average Bonchev–Trinajstić information content (AvgIpc) is 2.39. The van der Waals surface area contributed by atoms with Gasteiger partial charge >= 0.3 is 5.97 Å². The van der Waals surface area contributed by atoms with Crippen LogP contribution in [0.1, 0.15) is 43.0 Å². The molecule has 104 valence electrons. The predicted octanol–water partition coefficient (Wildman–Crippen LogP) is 2.98. The molecule has 0 bridgehead atoms. The van der Waals surface area contributed by atoms with Crippen LogP contribution in [0.5, 0.6) is 0 Å². The van der Waals surface area contributed by atoms with E-state index in [2.05, 4.69) is 11.8 Å². The van der Waals surface area contributed by atoms with Crippen molar-refractivity contribution in [2.45, 2.75) is 32.6 Å². The average molecular weight is 262 g/mol. The first-order valence-electron chi connectivity index (χ1n) is 6.99. The second-order valence-corrected chi connectivity index (χ2v) is 5.30. The highest BCUT2D eigenvalue weighted by Crippen LogP contribution is 2.29. The lowest BCUT2D eigenvalue weighted by Crippen LogP contribution is -2.34. The molecule has 1 aromatic carbocycles. The summed E-state index contributed by atoms with van der Waals surface area (Å²) < 4.78 is 0. The summed E-state index contributed by atoms with van der Waals surface area (Å²) in [6.07, 6.45) is 4.78. The Balaban J connectivity index is 2.14. The van der Waals surface area contributed by atoms with E-state index >= 15 is 0 Å². The Morgan fingerprint density at radius 1 is 1.42 bits per heavy atom. The van der Waals surface area contributed by atoms with Crippen molar-refractivity contribution in [1.29, 1.82) is 0 Å². The molecule has 0 radical (unpaired) electrons. The lowest BCUT2D eigenvalue weighted by molar-refractivity contribution is 0.0697. The number of aromatic carboxylic acids is 1. The van der Waals surface area contributed by atoms with Crippen molar-refractivity contribution in [3.05, 3.63) is 23.8 Å². The molecule has 0 aromatic heterocycles. The minimum absolute atomic E-state index is 0.350. The van der Waals surface area contributed by atoms with Crippen LogP contribution >= 0.6 is 0 Å². The van der Waals surface area contributed by atoms with Gasteiger partial charge in [-0.3, -0.25) is 0 Å². The summed E-state index contributed by atoms with van der Waals surface area (Å²) in [7, 11) is 0. The number of hydrogen-bond donors (Lipinski definition) is 2. The van der Waals surface area contributed by atoms with Crippen LogP contribution in [-0.2, 0) is 0 Å². The number of carboxylic acid groups (broad SMARTS) is 1. The van der Waals surface area contributed by atoms with E-state index in [-0.39, 0.29) is 0 Å². The molecule has 1 aliphatic rings. The molecule has 0 amide bonds. The highest BCUT2D eigenvalue weighted by atomic mass is 16.4. The molecule has 0 spiro atoms. The van der Waals surface area contributed by atoms with Crippen molar-refractivity contribution in [3.63, 3.8) is 0 Å². The normalized spacial score (nSPS) is 16.6. The van der Waals surface area contributed by atoms with Gasteiger partial charge in [-0.15, -0.1) is 0 Å². The quantitative estimate of drug-likeness (QED) is 0.819. The van der Waals surface area contributed by atoms with Crippen molar-refractivity contribution >= 4 is 17.3 Å². The van der Waals surface area contributed by atoms with Crippen molar-refractivity contribution in [3.8, 4) is 0 Å². The summed E-state index contributed by atoms with van der Waals surface area (Å²) in [5, 5.41) is 9.26. The van der Waals surface area contributed by atoms with Gasteiger partial charge in [0.25, 0.3) is 0 Å². The molecular weight excluding hydrogens is 240 g/mol. The first-order valence-corrected chi connectivity index (χ1v) is 6.99. The molecular formula is C15H22N2O2. The smallest absolute Gasteiger partial charge is 0.337 e. The van der Waals surface area contributed by atoms with Crippen LogP contribution < -0.4 is 10.6 Å². The number of hydrogen-bond acceptors (Lipinski definition) is 3. The highest BCUT2D eigenvalue weighted by Gasteiger charge is 2.22. The van der Waals surface area contributed by atoms with E-state index in [0.29, 0.717) is 11.3 Å². The minimum atomic E-state index is -0.884. The zero-order valence-electron chi connectivity index (χ0n) is 11.4. The van der Waals surface area contributed by atoms with E-state index in [4.69, 9.17) is 5.73 Å². The van der Waals surface area contributed by atoms with Gasteiger partial charge in [-0.2, -0.15) is 0 Å². The van der Waals surface area contributed by atoms with Crippen LogP contribution in [-0.4, -0.2) is 24.2 Å². The summed E-state index contributed by atoms with van der Waals surface area (Å²) in [5.41, 5.74) is 7.53. The molecule has 4 heteroatoms. The van der Waals surface area contributed by atoms with Crippen molar-refractivity contribution in [1.82, 2.24) is 0 Å². The summed E-state index contributed by atoms with van der Waals surface area (Å²) >= 11 is 0. The fourth-order valence-electron chi connectivity index (χ4n) is 2.86. The second-order valence-electron chi connectivity index (χ2n) is 5.30. The van der Waals surface area contributed by atoms with Gasteiger partial charge in [-0.1, -0.05) is 19.8 Å². The van der Waals surface area contributed by atoms with Crippen LogP contribution in [0.3, 0.4) is 0 Å². The van der Waals surface area contributed by atoms with Crippen LogP contribution in [0.25, 0.3) is 0 Å². The lowest BCUT2D eigenvalue weighted by atomic mass is 9.92. The number of nitrogens with zero attached hydrogens (tertiary/aromatic N) is 1. The van der Waals surface area contributed by atoms with Gasteiger partial charge in [0.15, 0.2) is 0 Å². The van der Waals surface area contributed by atoms with Gasteiger partial charge in [-0.25, -0.2) is 4.79 Å². The molecule has 1 aliphatic heterocycles. The Labute approximate surface area is 114 Å². The molecule has 4 nitrogen and oxygen atoms in total. The number of benzene rings is 1. The molecule has 0 atom stereocenters. The summed E-state index contributed by atoms with van der Waals surface area (Å²) in [4.78, 5) is 13.4. The van der Waals surface area contributed by atoms with Crippen LogP contribution in [0.2, 0.25) is 0 Å². The third kappa shape index (κ3) is 3.19. The summed E-state index contributed by atoms with van der Waals surface area (Å²) in [6.45, 7) is 4.07. The third-order valence-electron chi connectivity index (χ3n) is 3.90. The number of nitrogens with two attached hydrogens (primary N) is 1.